The molecule has 2 saturated heterocycles. The van der Waals surface area contributed by atoms with Crippen LogP contribution < -0.4 is 0 Å². The van der Waals surface area contributed by atoms with Crippen molar-refractivity contribution in [1.82, 2.24) is 19.3 Å². The van der Waals surface area contributed by atoms with Gasteiger partial charge in [0.25, 0.3) is 5.91 Å². The number of benzene rings is 1. The number of aryl methyl sites for hydroxylation is 1. The van der Waals surface area contributed by atoms with Gasteiger partial charge < -0.3 is 4.90 Å². The second-order valence-electron chi connectivity index (χ2n) is 7.73. The Balaban J connectivity index is 1.40. The van der Waals surface area contributed by atoms with E-state index in [0.29, 0.717) is 23.0 Å². The van der Waals surface area contributed by atoms with Crippen molar-refractivity contribution in [3.8, 4) is 0 Å². The molecule has 0 aliphatic carbocycles. The fraction of sp³-hybridized carbons (Fsp3) is 0.381. The van der Waals surface area contributed by atoms with Gasteiger partial charge in [-0.05, 0) is 61.8 Å². The first kappa shape index (κ1) is 16.4. The van der Waals surface area contributed by atoms with Gasteiger partial charge in [0.1, 0.15) is 11.5 Å². The number of aromatic nitrogens is 3. The molecule has 5 nitrogen and oxygen atoms in total. The lowest BCUT2D eigenvalue weighted by Gasteiger charge is -2.39. The maximum absolute atomic E-state index is 13.6. The number of halogens is 1. The van der Waals surface area contributed by atoms with Gasteiger partial charge in [-0.15, -0.1) is 0 Å². The van der Waals surface area contributed by atoms with E-state index in [2.05, 4.69) is 9.97 Å². The number of carbonyl (C=O) groups excluding carboxylic acids is 1. The van der Waals surface area contributed by atoms with Crippen LogP contribution in [-0.2, 0) is 0 Å². The number of hydrogen-bond donors (Lipinski definition) is 0. The summed E-state index contributed by atoms with van der Waals surface area (Å²) >= 11 is 0. The second kappa shape index (κ2) is 6.15. The van der Waals surface area contributed by atoms with E-state index in [4.69, 9.17) is 0 Å². The fourth-order valence-electron chi connectivity index (χ4n) is 4.77. The molecule has 3 atom stereocenters. The Hall–Kier alpha value is -2.76. The lowest BCUT2D eigenvalue weighted by Crippen LogP contribution is -2.46. The fourth-order valence-corrected chi connectivity index (χ4v) is 4.77. The molecule has 2 fully saturated rings. The number of hydrogen-bond acceptors (Lipinski definition) is 3. The summed E-state index contributed by atoms with van der Waals surface area (Å²) in [6.07, 6.45) is 9.20. The summed E-state index contributed by atoms with van der Waals surface area (Å²) in [5.41, 5.74) is 2.34. The van der Waals surface area contributed by atoms with Gasteiger partial charge in [-0.25, -0.2) is 14.4 Å². The second-order valence-corrected chi connectivity index (χ2v) is 7.73. The summed E-state index contributed by atoms with van der Waals surface area (Å²) in [6, 6.07) is 7.70. The summed E-state index contributed by atoms with van der Waals surface area (Å²) in [4.78, 5) is 23.8. The highest BCUT2D eigenvalue weighted by Crippen LogP contribution is 2.43. The summed E-state index contributed by atoms with van der Waals surface area (Å²) < 4.78 is 15.4. The number of amides is 1. The quantitative estimate of drug-likeness (QED) is 0.696. The molecule has 1 aromatic carbocycles. The van der Waals surface area contributed by atoms with Crippen molar-refractivity contribution in [2.45, 2.75) is 50.6 Å². The monoisotopic (exact) mass is 364 g/mol. The predicted octanol–water partition coefficient (Wildman–Crippen LogP) is 3.73. The summed E-state index contributed by atoms with van der Waals surface area (Å²) in [6.45, 7) is 1.81. The minimum atomic E-state index is -0.158. The average Bonchev–Trinajstić information content (AvgIpc) is 3.22. The van der Waals surface area contributed by atoms with Crippen molar-refractivity contribution >= 4 is 11.7 Å². The average molecular weight is 364 g/mol. The van der Waals surface area contributed by atoms with E-state index >= 15 is 0 Å². The van der Waals surface area contributed by atoms with Crippen molar-refractivity contribution < 1.29 is 9.18 Å². The van der Waals surface area contributed by atoms with Gasteiger partial charge in [0.15, 0.2) is 0 Å². The molecule has 0 radical (unpaired) electrons. The molecule has 0 saturated carbocycles. The van der Waals surface area contributed by atoms with E-state index in [1.165, 1.54) is 5.56 Å². The molecule has 1 unspecified atom stereocenters. The van der Waals surface area contributed by atoms with E-state index in [9.17, 15) is 9.18 Å². The number of imidazole rings is 1. The van der Waals surface area contributed by atoms with Crippen LogP contribution in [-0.4, -0.2) is 37.3 Å². The van der Waals surface area contributed by atoms with Crippen molar-refractivity contribution in [3.05, 3.63) is 65.5 Å². The van der Waals surface area contributed by atoms with E-state index in [1.807, 2.05) is 36.2 Å². The van der Waals surface area contributed by atoms with Crippen LogP contribution in [0.15, 0.2) is 42.9 Å². The van der Waals surface area contributed by atoms with Crippen LogP contribution in [0.4, 0.5) is 4.39 Å². The molecule has 138 valence electrons. The van der Waals surface area contributed by atoms with Gasteiger partial charge in [0.05, 0.1) is 0 Å². The summed E-state index contributed by atoms with van der Waals surface area (Å²) in [5.74, 6) is 0.773. The number of nitrogens with zero attached hydrogens (tertiary/aromatic N) is 4. The first-order chi connectivity index (χ1) is 13.1. The Labute approximate surface area is 156 Å². The van der Waals surface area contributed by atoms with E-state index < -0.39 is 0 Å². The van der Waals surface area contributed by atoms with Gasteiger partial charge in [0.2, 0.25) is 5.78 Å². The minimum absolute atomic E-state index is 0.00161. The van der Waals surface area contributed by atoms with Crippen molar-refractivity contribution in [2.24, 2.45) is 0 Å². The normalized spacial score (nSPS) is 24.5. The molecule has 27 heavy (non-hydrogen) atoms. The zero-order valence-electron chi connectivity index (χ0n) is 15.2. The molecule has 0 spiro atoms. The van der Waals surface area contributed by atoms with Crippen LogP contribution in [0.5, 0.6) is 0 Å². The van der Waals surface area contributed by atoms with Crippen LogP contribution in [0.3, 0.4) is 0 Å². The van der Waals surface area contributed by atoms with E-state index in [1.54, 1.807) is 22.9 Å². The third-order valence-electron chi connectivity index (χ3n) is 6.08. The maximum atomic E-state index is 13.6. The van der Waals surface area contributed by atoms with Gasteiger partial charge in [-0.2, -0.15) is 0 Å². The van der Waals surface area contributed by atoms with Crippen molar-refractivity contribution in [3.63, 3.8) is 0 Å². The number of fused-ring (bicyclic) bond motifs is 3. The first-order valence-corrected chi connectivity index (χ1v) is 9.48. The summed E-state index contributed by atoms with van der Waals surface area (Å²) in [5, 5.41) is 0. The zero-order valence-corrected chi connectivity index (χ0v) is 15.2. The van der Waals surface area contributed by atoms with Crippen molar-refractivity contribution in [2.75, 3.05) is 0 Å². The van der Waals surface area contributed by atoms with Gasteiger partial charge in [-0.3, -0.25) is 9.20 Å². The smallest absolute Gasteiger partial charge is 0.274 e. The molecule has 2 aromatic heterocycles. The van der Waals surface area contributed by atoms with Gasteiger partial charge in [0, 0.05) is 30.7 Å². The van der Waals surface area contributed by atoms with Crippen molar-refractivity contribution in [1.29, 1.82) is 0 Å². The Morgan fingerprint density at radius 3 is 2.70 bits per heavy atom. The standard InChI is InChI=1S/C21H21FN4O/c1-13-9-14(3-6-18(13)22)15-10-16-4-5-17(11-15)26(16)20(27)19-12-25-8-2-7-23-21(25)24-19/h2-3,6-9,12,15-17H,4-5,10-11H2,1H3/t15?,16-,17+. The SMILES string of the molecule is Cc1cc(C2C[C@H]3CC[C@@H](C2)N3C(=O)c2cn3cccnc3n2)ccc1F. The van der Waals surface area contributed by atoms with Gasteiger partial charge >= 0.3 is 0 Å². The Morgan fingerprint density at radius 2 is 2.00 bits per heavy atom. The van der Waals surface area contributed by atoms with E-state index in [-0.39, 0.29) is 23.8 Å². The Morgan fingerprint density at radius 1 is 1.22 bits per heavy atom. The first-order valence-electron chi connectivity index (χ1n) is 9.48. The molecule has 2 aliphatic heterocycles. The minimum Gasteiger partial charge on any atom is -0.331 e. The van der Waals surface area contributed by atoms with Crippen LogP contribution in [0.2, 0.25) is 0 Å². The molecular weight excluding hydrogens is 343 g/mol. The number of piperidine rings is 1. The Kier molecular flexibility index (Phi) is 3.74. The highest BCUT2D eigenvalue weighted by atomic mass is 19.1. The molecule has 2 bridgehead atoms. The lowest BCUT2D eigenvalue weighted by molar-refractivity contribution is 0.0566. The highest BCUT2D eigenvalue weighted by Gasteiger charge is 2.44. The van der Waals surface area contributed by atoms with Crippen LogP contribution in [0.1, 0.15) is 53.2 Å². The third-order valence-corrected chi connectivity index (χ3v) is 6.08. The molecule has 1 amide bonds. The van der Waals surface area contributed by atoms with Crippen LogP contribution in [0, 0.1) is 12.7 Å². The lowest BCUT2D eigenvalue weighted by atomic mass is 9.84. The third kappa shape index (κ3) is 2.71. The molecule has 6 heteroatoms. The Bertz CT molecular complexity index is 983. The summed E-state index contributed by atoms with van der Waals surface area (Å²) in [7, 11) is 0. The van der Waals surface area contributed by atoms with Gasteiger partial charge in [-0.1, -0.05) is 12.1 Å². The molecule has 5 rings (SSSR count). The predicted molar refractivity (Wildman–Crippen MR) is 99.1 cm³/mol. The van der Waals surface area contributed by atoms with Crippen LogP contribution in [0.25, 0.3) is 5.78 Å². The maximum Gasteiger partial charge on any atom is 0.274 e. The van der Waals surface area contributed by atoms with Crippen LogP contribution >= 0.6 is 0 Å². The van der Waals surface area contributed by atoms with E-state index in [0.717, 1.165) is 25.7 Å². The molecule has 4 heterocycles. The number of rotatable bonds is 2. The topological polar surface area (TPSA) is 50.5 Å². The highest BCUT2D eigenvalue weighted by molar-refractivity contribution is 5.93. The molecular formula is C21H21FN4O. The zero-order chi connectivity index (χ0) is 18.5. The molecule has 2 aliphatic rings. The largest absolute Gasteiger partial charge is 0.331 e. The molecule has 0 N–H and O–H groups in total. The number of carbonyl (C=O) groups is 1. The molecule has 3 aromatic rings.